The summed E-state index contributed by atoms with van der Waals surface area (Å²) in [4.78, 5) is 4.35. The Kier molecular flexibility index (Phi) is 5.21. The number of ether oxygens (including phenoxy) is 2. The van der Waals surface area contributed by atoms with Gasteiger partial charge in [-0.3, -0.25) is 4.99 Å². The van der Waals surface area contributed by atoms with E-state index in [-0.39, 0.29) is 5.75 Å². The molecule has 0 bridgehead atoms. The van der Waals surface area contributed by atoms with Crippen molar-refractivity contribution in [2.75, 3.05) is 13.7 Å². The first-order valence-corrected chi connectivity index (χ1v) is 6.87. The van der Waals surface area contributed by atoms with E-state index < -0.39 is 0 Å². The van der Waals surface area contributed by atoms with Gasteiger partial charge in [0.05, 0.1) is 13.7 Å². The molecule has 2 aromatic carbocycles. The van der Waals surface area contributed by atoms with Crippen molar-refractivity contribution >= 4 is 11.9 Å². The first-order valence-electron chi connectivity index (χ1n) is 6.87. The van der Waals surface area contributed by atoms with Gasteiger partial charge in [0.15, 0.2) is 0 Å². The maximum atomic E-state index is 9.99. The van der Waals surface area contributed by atoms with Crippen LogP contribution in [0.25, 0.3) is 0 Å². The molecule has 2 rings (SSSR count). The number of para-hydroxylation sites is 2. The number of aliphatic imine (C=N–C) groups is 1. The van der Waals surface area contributed by atoms with Crippen LogP contribution in [-0.2, 0) is 0 Å². The Balaban J connectivity index is 2.17. The molecule has 0 amide bonds. The lowest BCUT2D eigenvalue weighted by molar-refractivity contribution is 0.315. The van der Waals surface area contributed by atoms with E-state index in [2.05, 4.69) is 4.99 Å². The summed E-state index contributed by atoms with van der Waals surface area (Å²) in [7, 11) is 1.60. The van der Waals surface area contributed by atoms with Crippen molar-refractivity contribution in [2.24, 2.45) is 4.99 Å². The average Bonchev–Trinajstić information content (AvgIpc) is 2.52. The standard InChI is InChI=1S/C17H19NO3/c1-3-10-21-14-9-8-13(16(19)11-14)12-18-15-6-4-5-7-17(15)20-2/h4-9,11-12,19H,3,10H2,1-2H3. The molecule has 0 spiro atoms. The lowest BCUT2D eigenvalue weighted by Gasteiger charge is -2.06. The number of aromatic hydroxyl groups is 1. The molecule has 0 unspecified atom stereocenters. The first kappa shape index (κ1) is 14.9. The number of benzene rings is 2. The molecule has 0 heterocycles. The topological polar surface area (TPSA) is 51.0 Å². The van der Waals surface area contributed by atoms with Crippen molar-refractivity contribution in [3.05, 3.63) is 48.0 Å². The van der Waals surface area contributed by atoms with Gasteiger partial charge in [0.1, 0.15) is 22.9 Å². The normalized spacial score (nSPS) is 10.8. The average molecular weight is 285 g/mol. The van der Waals surface area contributed by atoms with Gasteiger partial charge in [-0.25, -0.2) is 0 Å². The summed E-state index contributed by atoms with van der Waals surface area (Å²) in [5.41, 5.74) is 1.34. The minimum atomic E-state index is 0.141. The third-order valence-corrected chi connectivity index (χ3v) is 2.90. The van der Waals surface area contributed by atoms with E-state index in [0.29, 0.717) is 29.4 Å². The highest BCUT2D eigenvalue weighted by Crippen LogP contribution is 2.27. The third-order valence-electron chi connectivity index (χ3n) is 2.90. The molecule has 21 heavy (non-hydrogen) atoms. The maximum Gasteiger partial charge on any atom is 0.144 e. The van der Waals surface area contributed by atoms with Crippen LogP contribution in [0.4, 0.5) is 5.69 Å². The number of hydrogen-bond donors (Lipinski definition) is 1. The highest BCUT2D eigenvalue weighted by Gasteiger charge is 2.03. The van der Waals surface area contributed by atoms with Crippen LogP contribution >= 0.6 is 0 Å². The van der Waals surface area contributed by atoms with E-state index in [1.807, 2.05) is 37.3 Å². The second-order valence-electron chi connectivity index (χ2n) is 4.50. The van der Waals surface area contributed by atoms with Crippen LogP contribution in [0.5, 0.6) is 17.2 Å². The predicted octanol–water partition coefficient (Wildman–Crippen LogP) is 3.94. The van der Waals surface area contributed by atoms with Crippen LogP contribution in [0.3, 0.4) is 0 Å². The van der Waals surface area contributed by atoms with Crippen LogP contribution in [0.15, 0.2) is 47.5 Å². The quantitative estimate of drug-likeness (QED) is 0.818. The maximum absolute atomic E-state index is 9.99. The first-order chi connectivity index (χ1) is 10.2. The molecule has 0 aromatic heterocycles. The Bertz CT molecular complexity index is 623. The monoisotopic (exact) mass is 285 g/mol. The Hall–Kier alpha value is -2.49. The lowest BCUT2D eigenvalue weighted by Crippen LogP contribution is -1.95. The van der Waals surface area contributed by atoms with Crippen molar-refractivity contribution in [2.45, 2.75) is 13.3 Å². The smallest absolute Gasteiger partial charge is 0.144 e. The molecule has 110 valence electrons. The molecule has 0 aliphatic rings. The predicted molar refractivity (Wildman–Crippen MR) is 84.1 cm³/mol. The molecule has 0 saturated heterocycles. The molecule has 0 aliphatic heterocycles. The molecule has 2 aromatic rings. The van der Waals surface area contributed by atoms with E-state index in [0.717, 1.165) is 6.42 Å². The van der Waals surface area contributed by atoms with E-state index >= 15 is 0 Å². The van der Waals surface area contributed by atoms with E-state index in [4.69, 9.17) is 9.47 Å². The van der Waals surface area contributed by atoms with Gasteiger partial charge in [-0.2, -0.15) is 0 Å². The Labute approximate surface area is 124 Å². The number of methoxy groups -OCH3 is 1. The highest BCUT2D eigenvalue weighted by molar-refractivity contribution is 5.86. The molecule has 0 atom stereocenters. The third kappa shape index (κ3) is 3.99. The van der Waals surface area contributed by atoms with Crippen molar-refractivity contribution < 1.29 is 14.6 Å². The molecule has 4 nitrogen and oxygen atoms in total. The van der Waals surface area contributed by atoms with E-state index in [9.17, 15) is 5.11 Å². The zero-order valence-electron chi connectivity index (χ0n) is 12.2. The van der Waals surface area contributed by atoms with Crippen molar-refractivity contribution in [1.82, 2.24) is 0 Å². The number of phenolic OH excluding ortho intramolecular Hbond substituents is 1. The Morgan fingerprint density at radius 1 is 1.19 bits per heavy atom. The van der Waals surface area contributed by atoms with Gasteiger partial charge in [0.25, 0.3) is 0 Å². The molecule has 0 aliphatic carbocycles. The SMILES string of the molecule is CCCOc1ccc(C=Nc2ccccc2OC)c(O)c1. The Morgan fingerprint density at radius 2 is 2.00 bits per heavy atom. The zero-order valence-corrected chi connectivity index (χ0v) is 12.2. The van der Waals surface area contributed by atoms with Crippen LogP contribution in [0.2, 0.25) is 0 Å². The number of phenols is 1. The van der Waals surface area contributed by atoms with Crippen LogP contribution in [0.1, 0.15) is 18.9 Å². The lowest BCUT2D eigenvalue weighted by atomic mass is 10.2. The van der Waals surface area contributed by atoms with Crippen molar-refractivity contribution in [1.29, 1.82) is 0 Å². The summed E-state index contributed by atoms with van der Waals surface area (Å²) in [6.45, 7) is 2.67. The molecule has 0 fully saturated rings. The molecule has 0 saturated carbocycles. The minimum absolute atomic E-state index is 0.141. The van der Waals surface area contributed by atoms with Gasteiger partial charge in [-0.05, 0) is 30.7 Å². The van der Waals surface area contributed by atoms with Gasteiger partial charge in [0, 0.05) is 17.8 Å². The molecule has 4 heteroatoms. The number of rotatable bonds is 6. The van der Waals surface area contributed by atoms with Crippen LogP contribution in [-0.4, -0.2) is 25.0 Å². The van der Waals surface area contributed by atoms with Crippen LogP contribution in [0, 0.1) is 0 Å². The van der Waals surface area contributed by atoms with Crippen molar-refractivity contribution in [3.8, 4) is 17.2 Å². The molecule has 0 radical (unpaired) electrons. The van der Waals surface area contributed by atoms with Gasteiger partial charge in [0.2, 0.25) is 0 Å². The van der Waals surface area contributed by atoms with Crippen molar-refractivity contribution in [3.63, 3.8) is 0 Å². The second kappa shape index (κ2) is 7.33. The summed E-state index contributed by atoms with van der Waals surface area (Å²) >= 11 is 0. The van der Waals surface area contributed by atoms with Crippen LogP contribution < -0.4 is 9.47 Å². The van der Waals surface area contributed by atoms with Gasteiger partial charge in [-0.15, -0.1) is 0 Å². The Morgan fingerprint density at radius 3 is 2.71 bits per heavy atom. The molecular formula is C17H19NO3. The largest absolute Gasteiger partial charge is 0.507 e. The summed E-state index contributed by atoms with van der Waals surface area (Å²) in [6.07, 6.45) is 2.54. The highest BCUT2D eigenvalue weighted by atomic mass is 16.5. The van der Waals surface area contributed by atoms with E-state index in [1.54, 1.807) is 25.5 Å². The zero-order chi connectivity index (χ0) is 15.1. The summed E-state index contributed by atoms with van der Waals surface area (Å²) in [6, 6.07) is 12.7. The summed E-state index contributed by atoms with van der Waals surface area (Å²) < 4.78 is 10.7. The summed E-state index contributed by atoms with van der Waals surface area (Å²) in [5.74, 6) is 1.49. The second-order valence-corrected chi connectivity index (χ2v) is 4.50. The minimum Gasteiger partial charge on any atom is -0.507 e. The molecule has 1 N–H and O–H groups in total. The summed E-state index contributed by atoms with van der Waals surface area (Å²) in [5, 5.41) is 9.99. The van der Waals surface area contributed by atoms with Gasteiger partial charge < -0.3 is 14.6 Å². The molecular weight excluding hydrogens is 266 g/mol. The fourth-order valence-electron chi connectivity index (χ4n) is 1.82. The fraction of sp³-hybridized carbons (Fsp3) is 0.235. The number of hydrogen-bond acceptors (Lipinski definition) is 4. The van der Waals surface area contributed by atoms with E-state index in [1.165, 1.54) is 0 Å². The fourth-order valence-corrected chi connectivity index (χ4v) is 1.82. The number of nitrogens with zero attached hydrogens (tertiary/aromatic N) is 1. The van der Waals surface area contributed by atoms with Gasteiger partial charge in [-0.1, -0.05) is 19.1 Å². The van der Waals surface area contributed by atoms with Gasteiger partial charge >= 0.3 is 0 Å².